The van der Waals surface area contributed by atoms with Crippen LogP contribution in [0.3, 0.4) is 0 Å². The molecule has 2 fully saturated rings. The number of anilines is 1. The molecule has 210 valence electrons. The molecule has 0 spiro atoms. The summed E-state index contributed by atoms with van der Waals surface area (Å²) in [7, 11) is 0. The number of amides is 3. The molecule has 0 unspecified atom stereocenters. The highest BCUT2D eigenvalue weighted by atomic mass is 19.3. The van der Waals surface area contributed by atoms with Gasteiger partial charge in [0.15, 0.2) is 0 Å². The van der Waals surface area contributed by atoms with E-state index < -0.39 is 53.6 Å². The number of aromatic nitrogens is 1. The zero-order chi connectivity index (χ0) is 28.8. The number of halogens is 3. The van der Waals surface area contributed by atoms with E-state index in [9.17, 15) is 32.3 Å². The van der Waals surface area contributed by atoms with E-state index in [0.29, 0.717) is 25.1 Å². The number of morpholine rings is 1. The molecule has 1 aromatic heterocycles. The van der Waals surface area contributed by atoms with Gasteiger partial charge in [-0.15, -0.1) is 0 Å². The Kier molecular flexibility index (Phi) is 6.91. The van der Waals surface area contributed by atoms with E-state index >= 15 is 0 Å². The molecule has 0 atom stereocenters. The van der Waals surface area contributed by atoms with Crippen LogP contribution in [0.2, 0.25) is 0 Å². The molecule has 3 heterocycles. The second-order valence-corrected chi connectivity index (χ2v) is 10.3. The Balaban J connectivity index is 1.40. The smallest absolute Gasteiger partial charge is 0.293 e. The summed E-state index contributed by atoms with van der Waals surface area (Å²) in [6.07, 6.45) is -0.845. The van der Waals surface area contributed by atoms with Crippen molar-refractivity contribution in [3.05, 3.63) is 52.1 Å². The molecule has 1 saturated carbocycles. The third-order valence-electron chi connectivity index (χ3n) is 7.58. The average molecular weight is 558 g/mol. The summed E-state index contributed by atoms with van der Waals surface area (Å²) in [4.78, 5) is 54.4. The quantitative estimate of drug-likeness (QED) is 0.414. The zero-order valence-electron chi connectivity index (χ0n) is 21.6. The van der Waals surface area contributed by atoms with Gasteiger partial charge < -0.3 is 24.8 Å². The maximum atomic E-state index is 14.0. The minimum atomic E-state index is -3.16. The summed E-state index contributed by atoms with van der Waals surface area (Å²) >= 11 is 0. The zero-order valence-corrected chi connectivity index (χ0v) is 21.6. The van der Waals surface area contributed by atoms with E-state index in [0.717, 1.165) is 6.07 Å². The second-order valence-electron chi connectivity index (χ2n) is 10.3. The summed E-state index contributed by atoms with van der Waals surface area (Å²) in [6.45, 7) is 2.74. The highest BCUT2D eigenvalue weighted by molar-refractivity contribution is 6.44. The van der Waals surface area contributed by atoms with Crippen molar-refractivity contribution in [1.82, 2.24) is 14.8 Å². The Morgan fingerprint density at radius 1 is 1.10 bits per heavy atom. The highest BCUT2D eigenvalue weighted by Crippen LogP contribution is 2.47. The first-order chi connectivity index (χ1) is 19.0. The molecule has 40 heavy (non-hydrogen) atoms. The SMILES string of the molecule is Cc1c(C(=O)C(=O)NC2(C(=O)N3CCOCC3)CC(F)(F)C2)c2n(c1C(=O)Nc1ccc(F)c(C#N)c1)CCC2. The Labute approximate surface area is 227 Å². The van der Waals surface area contributed by atoms with Crippen molar-refractivity contribution < 1.29 is 37.1 Å². The largest absolute Gasteiger partial charge is 0.378 e. The number of alkyl halides is 2. The van der Waals surface area contributed by atoms with Crippen LogP contribution in [0.15, 0.2) is 18.2 Å². The normalized spacial score (nSPS) is 18.7. The minimum absolute atomic E-state index is 0.0166. The summed E-state index contributed by atoms with van der Waals surface area (Å²) in [6, 6.07) is 5.20. The number of ether oxygens (including phenoxy) is 1. The maximum Gasteiger partial charge on any atom is 0.293 e. The van der Waals surface area contributed by atoms with E-state index in [1.165, 1.54) is 24.0 Å². The molecule has 2 aromatic rings. The molecule has 3 amide bonds. The second kappa shape index (κ2) is 10.1. The molecule has 5 rings (SSSR count). The number of rotatable bonds is 6. The predicted molar refractivity (Wildman–Crippen MR) is 133 cm³/mol. The van der Waals surface area contributed by atoms with Crippen LogP contribution in [-0.2, 0) is 27.3 Å². The Hall–Kier alpha value is -4.18. The number of ketones is 1. The molecule has 2 N–H and O–H groups in total. The highest BCUT2D eigenvalue weighted by Gasteiger charge is 2.63. The molecule has 3 aliphatic rings. The Bertz CT molecular complexity index is 1460. The first-order valence-corrected chi connectivity index (χ1v) is 12.8. The fourth-order valence-electron chi connectivity index (χ4n) is 5.77. The van der Waals surface area contributed by atoms with Crippen LogP contribution in [0.5, 0.6) is 0 Å². The van der Waals surface area contributed by atoms with E-state index in [1.54, 1.807) is 10.6 Å². The molecule has 10 nitrogen and oxygen atoms in total. The van der Waals surface area contributed by atoms with Crippen LogP contribution in [0.4, 0.5) is 18.9 Å². The van der Waals surface area contributed by atoms with E-state index in [-0.39, 0.29) is 54.4 Å². The van der Waals surface area contributed by atoms with Gasteiger partial charge in [-0.25, -0.2) is 13.2 Å². The van der Waals surface area contributed by atoms with Crippen LogP contribution in [0.1, 0.15) is 56.9 Å². The van der Waals surface area contributed by atoms with Crippen molar-refractivity contribution in [2.75, 3.05) is 31.6 Å². The van der Waals surface area contributed by atoms with E-state index in [2.05, 4.69) is 10.6 Å². The van der Waals surface area contributed by atoms with Gasteiger partial charge in [0, 0.05) is 43.9 Å². The van der Waals surface area contributed by atoms with E-state index in [1.807, 2.05) is 0 Å². The van der Waals surface area contributed by atoms with Crippen LogP contribution < -0.4 is 10.6 Å². The first kappa shape index (κ1) is 27.4. The lowest BCUT2D eigenvalue weighted by Gasteiger charge is -2.48. The fraction of sp³-hybridized carbons (Fsp3) is 0.444. The number of hydrogen-bond acceptors (Lipinski definition) is 6. The lowest BCUT2D eigenvalue weighted by atomic mass is 9.72. The molecule has 1 aromatic carbocycles. The molecular weight excluding hydrogens is 531 g/mol. The van der Waals surface area contributed by atoms with Crippen LogP contribution in [0.25, 0.3) is 0 Å². The van der Waals surface area contributed by atoms with Crippen molar-refractivity contribution in [1.29, 1.82) is 5.26 Å². The van der Waals surface area contributed by atoms with Gasteiger partial charge in [-0.1, -0.05) is 0 Å². The lowest BCUT2D eigenvalue weighted by Crippen LogP contribution is -2.71. The van der Waals surface area contributed by atoms with Crippen molar-refractivity contribution in [3.63, 3.8) is 0 Å². The van der Waals surface area contributed by atoms with Crippen molar-refractivity contribution in [3.8, 4) is 6.07 Å². The number of fused-ring (bicyclic) bond motifs is 1. The van der Waals surface area contributed by atoms with Crippen molar-refractivity contribution in [2.24, 2.45) is 0 Å². The van der Waals surface area contributed by atoms with Gasteiger partial charge in [0.2, 0.25) is 5.91 Å². The third kappa shape index (κ3) is 4.72. The van der Waals surface area contributed by atoms with Gasteiger partial charge in [-0.05, 0) is 43.5 Å². The number of nitrogens with one attached hydrogen (secondary N) is 2. The number of carbonyl (C=O) groups is 4. The number of Topliss-reactive ketones (excluding diaryl/α,β-unsaturated/α-hetero) is 1. The summed E-state index contributed by atoms with van der Waals surface area (Å²) in [5.41, 5.74) is -1.25. The molecule has 0 radical (unpaired) electrons. The van der Waals surface area contributed by atoms with Crippen LogP contribution >= 0.6 is 0 Å². The van der Waals surface area contributed by atoms with Crippen LogP contribution in [-0.4, -0.2) is 70.7 Å². The van der Waals surface area contributed by atoms with Gasteiger partial charge in [-0.3, -0.25) is 19.2 Å². The first-order valence-electron chi connectivity index (χ1n) is 12.8. The van der Waals surface area contributed by atoms with Gasteiger partial charge in [0.1, 0.15) is 23.1 Å². The van der Waals surface area contributed by atoms with Crippen LogP contribution in [0, 0.1) is 24.1 Å². The number of nitriles is 1. The van der Waals surface area contributed by atoms with Gasteiger partial charge in [-0.2, -0.15) is 5.26 Å². The third-order valence-corrected chi connectivity index (χ3v) is 7.58. The molecule has 0 bridgehead atoms. The number of benzene rings is 1. The minimum Gasteiger partial charge on any atom is -0.378 e. The lowest BCUT2D eigenvalue weighted by molar-refractivity contribution is -0.176. The van der Waals surface area contributed by atoms with Crippen molar-refractivity contribution in [2.45, 2.75) is 50.6 Å². The van der Waals surface area contributed by atoms with Gasteiger partial charge in [0.25, 0.3) is 23.5 Å². The predicted octanol–water partition coefficient (Wildman–Crippen LogP) is 2.33. The summed E-state index contributed by atoms with van der Waals surface area (Å²) in [5.74, 6) is -7.45. The Morgan fingerprint density at radius 2 is 1.80 bits per heavy atom. The fourth-order valence-corrected chi connectivity index (χ4v) is 5.77. The standard InChI is InChI=1S/C27H26F3N5O5/c1-15-20(19-3-2-6-35(19)21(15)23(37)32-17-4-5-18(28)16(11-17)12-31)22(36)24(38)33-26(13-27(29,30)14-26)25(39)34-7-9-40-10-8-34/h4-5,11H,2-3,6-10,13-14H2,1H3,(H,32,37)(H,33,38). The molecular formula is C27H26F3N5O5. The number of nitrogens with zero attached hydrogens (tertiary/aromatic N) is 3. The molecule has 1 saturated heterocycles. The number of carbonyl (C=O) groups excluding carboxylic acids is 4. The maximum absolute atomic E-state index is 14.0. The molecule has 1 aliphatic carbocycles. The topological polar surface area (TPSA) is 134 Å². The monoisotopic (exact) mass is 557 g/mol. The summed E-state index contributed by atoms with van der Waals surface area (Å²) in [5, 5.41) is 14.0. The number of hydrogen-bond donors (Lipinski definition) is 2. The molecule has 2 aliphatic heterocycles. The Morgan fingerprint density at radius 3 is 2.45 bits per heavy atom. The van der Waals surface area contributed by atoms with Gasteiger partial charge >= 0.3 is 0 Å². The summed E-state index contributed by atoms with van der Waals surface area (Å²) < 4.78 is 48.5. The van der Waals surface area contributed by atoms with Gasteiger partial charge in [0.05, 0.1) is 24.3 Å². The average Bonchev–Trinajstić information content (AvgIpc) is 3.47. The van der Waals surface area contributed by atoms with E-state index in [4.69, 9.17) is 10.00 Å². The van der Waals surface area contributed by atoms with Crippen molar-refractivity contribution >= 4 is 29.2 Å². The molecule has 13 heteroatoms.